The van der Waals surface area contributed by atoms with Crippen LogP contribution in [0.4, 0.5) is 5.82 Å². The molecular weight excluding hydrogens is 252 g/mol. The molecule has 94 valence electrons. The number of carbonyl (C=O) groups is 1. The molecule has 1 unspecified atom stereocenters. The Hall–Kier alpha value is -1.80. The Morgan fingerprint density at radius 1 is 1.67 bits per heavy atom. The highest BCUT2D eigenvalue weighted by Crippen LogP contribution is 2.22. The first-order valence-electron chi connectivity index (χ1n) is 5.69. The average molecular weight is 265 g/mol. The molecule has 2 rings (SSSR count). The minimum Gasteiger partial charge on any atom is -0.354 e. The predicted molar refractivity (Wildman–Crippen MR) is 68.4 cm³/mol. The van der Waals surface area contributed by atoms with Gasteiger partial charge in [0, 0.05) is 26.1 Å². The zero-order valence-corrected chi connectivity index (χ0v) is 10.7. The van der Waals surface area contributed by atoms with Crippen LogP contribution in [0.1, 0.15) is 19.0 Å². The predicted octanol–water partition coefficient (Wildman–Crippen LogP) is 1.32. The highest BCUT2D eigenvalue weighted by atomic mass is 35.5. The van der Waals surface area contributed by atoms with Gasteiger partial charge >= 0.3 is 0 Å². The summed E-state index contributed by atoms with van der Waals surface area (Å²) in [6.07, 6.45) is 0.881. The van der Waals surface area contributed by atoms with E-state index in [4.69, 9.17) is 16.9 Å². The van der Waals surface area contributed by atoms with Gasteiger partial charge in [-0.3, -0.25) is 4.79 Å². The molecule has 1 saturated heterocycles. The Labute approximate surface area is 110 Å². The summed E-state index contributed by atoms with van der Waals surface area (Å²) in [5.74, 6) is 0.701. The van der Waals surface area contributed by atoms with E-state index in [0.717, 1.165) is 18.8 Å². The van der Waals surface area contributed by atoms with Crippen LogP contribution in [-0.4, -0.2) is 30.0 Å². The van der Waals surface area contributed by atoms with E-state index in [1.54, 1.807) is 12.1 Å². The molecule has 0 aromatic carbocycles. The van der Waals surface area contributed by atoms with Crippen molar-refractivity contribution in [1.29, 1.82) is 5.26 Å². The molecule has 1 aliphatic rings. The van der Waals surface area contributed by atoms with Crippen LogP contribution in [0.2, 0.25) is 5.02 Å². The lowest BCUT2D eigenvalue weighted by Crippen LogP contribution is -2.35. The zero-order valence-electron chi connectivity index (χ0n) is 9.98. The Morgan fingerprint density at radius 2 is 2.44 bits per heavy atom. The van der Waals surface area contributed by atoms with Gasteiger partial charge in [-0.15, -0.1) is 0 Å². The summed E-state index contributed by atoms with van der Waals surface area (Å²) in [4.78, 5) is 17.2. The van der Waals surface area contributed by atoms with Gasteiger partial charge in [-0.2, -0.15) is 5.26 Å². The number of nitrogens with one attached hydrogen (secondary N) is 1. The lowest BCUT2D eigenvalue weighted by molar-refractivity contribution is -0.119. The molecule has 0 saturated carbocycles. The monoisotopic (exact) mass is 264 g/mol. The van der Waals surface area contributed by atoms with Crippen LogP contribution in [0, 0.1) is 11.3 Å². The van der Waals surface area contributed by atoms with E-state index in [-0.39, 0.29) is 17.6 Å². The van der Waals surface area contributed by atoms with Crippen molar-refractivity contribution in [2.24, 2.45) is 0 Å². The van der Waals surface area contributed by atoms with E-state index in [9.17, 15) is 4.79 Å². The number of carbonyl (C=O) groups excluding carboxylic acids is 1. The summed E-state index contributed by atoms with van der Waals surface area (Å²) in [7, 11) is 0. The molecule has 0 bridgehead atoms. The molecule has 5 nitrogen and oxygen atoms in total. The maximum Gasteiger partial charge on any atom is 0.217 e. The summed E-state index contributed by atoms with van der Waals surface area (Å²) in [6, 6.07) is 5.57. The largest absolute Gasteiger partial charge is 0.354 e. The molecule has 0 aliphatic carbocycles. The summed E-state index contributed by atoms with van der Waals surface area (Å²) >= 11 is 5.84. The van der Waals surface area contributed by atoms with Gasteiger partial charge in [0.2, 0.25) is 5.91 Å². The quantitative estimate of drug-likeness (QED) is 0.875. The number of halogens is 1. The summed E-state index contributed by atoms with van der Waals surface area (Å²) in [5, 5.41) is 12.1. The Kier molecular flexibility index (Phi) is 3.68. The molecular formula is C12H13ClN4O. The first-order valence-corrected chi connectivity index (χ1v) is 6.06. The van der Waals surface area contributed by atoms with Crippen LogP contribution >= 0.6 is 11.6 Å². The summed E-state index contributed by atoms with van der Waals surface area (Å²) in [5.41, 5.74) is 0.233. The van der Waals surface area contributed by atoms with E-state index < -0.39 is 0 Å². The zero-order chi connectivity index (χ0) is 13.1. The van der Waals surface area contributed by atoms with Crippen molar-refractivity contribution < 1.29 is 4.79 Å². The Morgan fingerprint density at radius 3 is 3.11 bits per heavy atom. The second kappa shape index (κ2) is 5.23. The molecule has 1 atom stereocenters. The van der Waals surface area contributed by atoms with Gasteiger partial charge in [-0.05, 0) is 18.6 Å². The number of anilines is 1. The maximum absolute atomic E-state index is 11.0. The number of hydrogen-bond donors (Lipinski definition) is 1. The van der Waals surface area contributed by atoms with Gasteiger partial charge in [0.15, 0.2) is 5.69 Å². The van der Waals surface area contributed by atoms with Crippen molar-refractivity contribution in [1.82, 2.24) is 10.3 Å². The fraction of sp³-hybridized carbons (Fsp3) is 0.417. The lowest BCUT2D eigenvalue weighted by Gasteiger charge is -2.18. The second-order valence-electron chi connectivity index (χ2n) is 4.24. The minimum atomic E-state index is -0.0244. The van der Waals surface area contributed by atoms with E-state index in [2.05, 4.69) is 10.3 Å². The Balaban J connectivity index is 2.10. The normalized spacial score (nSPS) is 18.5. The van der Waals surface area contributed by atoms with Crippen LogP contribution < -0.4 is 10.2 Å². The van der Waals surface area contributed by atoms with Crippen LogP contribution in [0.3, 0.4) is 0 Å². The maximum atomic E-state index is 11.0. The molecule has 0 radical (unpaired) electrons. The molecule has 1 aromatic heterocycles. The van der Waals surface area contributed by atoms with Crippen molar-refractivity contribution in [3.05, 3.63) is 22.8 Å². The summed E-state index contributed by atoms with van der Waals surface area (Å²) in [6.45, 7) is 3.03. The van der Waals surface area contributed by atoms with Crippen LogP contribution in [0.5, 0.6) is 0 Å². The topological polar surface area (TPSA) is 69.0 Å². The van der Waals surface area contributed by atoms with E-state index in [1.807, 2.05) is 11.0 Å². The number of nitriles is 1. The number of pyridine rings is 1. The smallest absolute Gasteiger partial charge is 0.217 e. The van der Waals surface area contributed by atoms with Gasteiger partial charge in [-0.25, -0.2) is 4.98 Å². The third-order valence-corrected chi connectivity index (χ3v) is 3.16. The highest BCUT2D eigenvalue weighted by Gasteiger charge is 2.24. The average Bonchev–Trinajstić information content (AvgIpc) is 2.77. The van der Waals surface area contributed by atoms with Crippen LogP contribution in [0.15, 0.2) is 12.1 Å². The Bertz CT molecular complexity index is 511. The standard InChI is InChI=1S/C12H13ClN4O/c1-8(18)15-9-4-5-17(7-9)12-3-2-10(13)11(6-14)16-12/h2-3,9H,4-5,7H2,1H3,(H,15,18). The van der Waals surface area contributed by atoms with Gasteiger partial charge < -0.3 is 10.2 Å². The summed E-state index contributed by atoms with van der Waals surface area (Å²) < 4.78 is 0. The molecule has 1 fully saturated rings. The van der Waals surface area contributed by atoms with E-state index in [1.165, 1.54) is 6.92 Å². The van der Waals surface area contributed by atoms with Crippen molar-refractivity contribution >= 4 is 23.3 Å². The first kappa shape index (κ1) is 12.7. The van der Waals surface area contributed by atoms with Gasteiger partial charge in [0.25, 0.3) is 0 Å². The van der Waals surface area contributed by atoms with Crippen molar-refractivity contribution in [3.63, 3.8) is 0 Å². The van der Waals surface area contributed by atoms with Crippen molar-refractivity contribution in [3.8, 4) is 6.07 Å². The molecule has 1 N–H and O–H groups in total. The molecule has 18 heavy (non-hydrogen) atoms. The molecule has 0 spiro atoms. The third kappa shape index (κ3) is 2.71. The van der Waals surface area contributed by atoms with Crippen LogP contribution in [-0.2, 0) is 4.79 Å². The number of amides is 1. The molecule has 1 aromatic rings. The van der Waals surface area contributed by atoms with E-state index >= 15 is 0 Å². The third-order valence-electron chi connectivity index (χ3n) is 2.86. The first-order chi connectivity index (χ1) is 8.60. The fourth-order valence-corrected chi connectivity index (χ4v) is 2.21. The minimum absolute atomic E-state index is 0.0244. The second-order valence-corrected chi connectivity index (χ2v) is 4.65. The van der Waals surface area contributed by atoms with Gasteiger partial charge in [0.1, 0.15) is 11.9 Å². The molecule has 2 heterocycles. The SMILES string of the molecule is CC(=O)NC1CCN(c2ccc(Cl)c(C#N)n2)C1. The molecule has 1 amide bonds. The lowest BCUT2D eigenvalue weighted by atomic mass is 10.2. The van der Waals surface area contributed by atoms with Gasteiger partial charge in [-0.1, -0.05) is 11.6 Å². The van der Waals surface area contributed by atoms with Crippen molar-refractivity contribution in [2.75, 3.05) is 18.0 Å². The van der Waals surface area contributed by atoms with Gasteiger partial charge in [0.05, 0.1) is 5.02 Å². The molecule has 1 aliphatic heterocycles. The van der Waals surface area contributed by atoms with E-state index in [0.29, 0.717) is 11.6 Å². The van der Waals surface area contributed by atoms with Crippen LogP contribution in [0.25, 0.3) is 0 Å². The van der Waals surface area contributed by atoms with Crippen molar-refractivity contribution in [2.45, 2.75) is 19.4 Å². The number of rotatable bonds is 2. The highest BCUT2D eigenvalue weighted by molar-refractivity contribution is 6.31. The molecule has 6 heteroatoms. The number of aromatic nitrogens is 1. The fourth-order valence-electron chi connectivity index (χ4n) is 2.06. The number of nitrogens with zero attached hydrogens (tertiary/aromatic N) is 3. The number of hydrogen-bond acceptors (Lipinski definition) is 4.